The second-order valence-corrected chi connectivity index (χ2v) is 8.08. The summed E-state index contributed by atoms with van der Waals surface area (Å²) in [4.78, 5) is 12.5. The van der Waals surface area contributed by atoms with Crippen LogP contribution in [0.2, 0.25) is 0 Å². The number of ketones is 1. The van der Waals surface area contributed by atoms with Gasteiger partial charge >= 0.3 is 0 Å². The number of nitrogens with zero attached hydrogens (tertiary/aromatic N) is 2. The number of carbonyl (C=O) groups excluding carboxylic acids is 1. The molecule has 0 saturated carbocycles. The molecule has 0 fully saturated rings. The summed E-state index contributed by atoms with van der Waals surface area (Å²) in [7, 11) is -4.11. The SMILES string of the molecule is O=C1C(O)C=CC2C1C(c1ccccc1)=NN2S(=O)(=O)c1ccc(F)cc1. The summed E-state index contributed by atoms with van der Waals surface area (Å²) < 4.78 is 40.2. The normalized spacial score (nSPS) is 24.7. The Labute approximate surface area is 155 Å². The molecule has 4 rings (SSSR count). The van der Waals surface area contributed by atoms with Gasteiger partial charge in [0.05, 0.1) is 22.6 Å². The first-order chi connectivity index (χ1) is 12.9. The van der Waals surface area contributed by atoms with Gasteiger partial charge in [-0.1, -0.05) is 42.5 Å². The van der Waals surface area contributed by atoms with E-state index in [2.05, 4.69) is 5.10 Å². The summed E-state index contributed by atoms with van der Waals surface area (Å²) in [6.45, 7) is 0. The number of hydrazone groups is 1. The third kappa shape index (κ3) is 2.87. The second kappa shape index (κ2) is 6.40. The molecule has 0 bridgehead atoms. The van der Waals surface area contributed by atoms with Crippen LogP contribution in [0.25, 0.3) is 0 Å². The molecule has 1 N–H and O–H groups in total. The van der Waals surface area contributed by atoms with Crippen molar-refractivity contribution in [1.29, 1.82) is 0 Å². The van der Waals surface area contributed by atoms with Crippen molar-refractivity contribution in [3.8, 4) is 0 Å². The predicted octanol–water partition coefficient (Wildman–Crippen LogP) is 1.72. The summed E-state index contributed by atoms with van der Waals surface area (Å²) >= 11 is 0. The van der Waals surface area contributed by atoms with Crippen LogP contribution in [0, 0.1) is 11.7 Å². The van der Waals surface area contributed by atoms with Crippen molar-refractivity contribution in [1.82, 2.24) is 4.41 Å². The van der Waals surface area contributed by atoms with E-state index in [1.54, 1.807) is 30.3 Å². The molecule has 0 radical (unpaired) electrons. The second-order valence-electron chi connectivity index (χ2n) is 6.28. The van der Waals surface area contributed by atoms with Crippen LogP contribution in [-0.4, -0.2) is 41.6 Å². The first kappa shape index (κ1) is 17.6. The van der Waals surface area contributed by atoms with E-state index in [1.165, 1.54) is 12.2 Å². The Hall–Kier alpha value is -2.84. The highest BCUT2D eigenvalue weighted by Crippen LogP contribution is 2.35. The quantitative estimate of drug-likeness (QED) is 0.814. The number of carbonyl (C=O) groups is 1. The molecule has 3 unspecified atom stereocenters. The number of benzene rings is 2. The molecule has 0 amide bonds. The molecule has 6 nitrogen and oxygen atoms in total. The highest BCUT2D eigenvalue weighted by Gasteiger charge is 2.49. The first-order valence-electron chi connectivity index (χ1n) is 8.23. The summed E-state index contributed by atoms with van der Waals surface area (Å²) in [6.07, 6.45) is 1.42. The molecule has 2 aromatic rings. The molecule has 1 aliphatic carbocycles. The van der Waals surface area contributed by atoms with Gasteiger partial charge in [0.25, 0.3) is 10.0 Å². The summed E-state index contributed by atoms with van der Waals surface area (Å²) in [5, 5.41) is 14.2. The molecule has 8 heteroatoms. The molecular formula is C19H15FN2O4S. The van der Waals surface area contributed by atoms with E-state index in [0.717, 1.165) is 28.7 Å². The van der Waals surface area contributed by atoms with Crippen molar-refractivity contribution in [2.75, 3.05) is 0 Å². The van der Waals surface area contributed by atoms with Crippen LogP contribution < -0.4 is 0 Å². The van der Waals surface area contributed by atoms with Crippen LogP contribution in [0.15, 0.2) is 76.7 Å². The fraction of sp³-hybridized carbons (Fsp3) is 0.158. The topological polar surface area (TPSA) is 87.0 Å². The Kier molecular flexibility index (Phi) is 4.16. The van der Waals surface area contributed by atoms with Crippen LogP contribution in [0.3, 0.4) is 0 Å². The van der Waals surface area contributed by atoms with E-state index in [9.17, 15) is 22.7 Å². The minimum Gasteiger partial charge on any atom is -0.381 e. The maximum Gasteiger partial charge on any atom is 0.279 e. The summed E-state index contributed by atoms with van der Waals surface area (Å²) in [5.41, 5.74) is 0.875. The molecule has 1 heterocycles. The van der Waals surface area contributed by atoms with Crippen LogP contribution in [0.1, 0.15) is 5.56 Å². The van der Waals surface area contributed by atoms with Gasteiger partial charge in [-0.15, -0.1) is 0 Å². The van der Waals surface area contributed by atoms with Gasteiger partial charge in [-0.2, -0.15) is 17.9 Å². The first-order valence-corrected chi connectivity index (χ1v) is 9.67. The Morgan fingerprint density at radius 1 is 1.00 bits per heavy atom. The standard InChI is InChI=1S/C19H15FN2O4S/c20-13-6-8-14(9-7-13)27(25,26)22-15-10-11-16(23)19(24)17(15)18(21-22)12-4-2-1-3-5-12/h1-11,15-17,23H. The van der Waals surface area contributed by atoms with Crippen molar-refractivity contribution in [3.05, 3.63) is 78.1 Å². The molecule has 0 spiro atoms. The summed E-state index contributed by atoms with van der Waals surface area (Å²) in [6, 6.07) is 12.3. The molecular weight excluding hydrogens is 371 g/mol. The van der Waals surface area contributed by atoms with Crippen molar-refractivity contribution in [2.45, 2.75) is 17.0 Å². The molecule has 27 heavy (non-hydrogen) atoms. The number of sulfonamides is 1. The molecule has 138 valence electrons. The minimum absolute atomic E-state index is 0.132. The number of aliphatic hydroxyl groups is 1. The van der Waals surface area contributed by atoms with Gasteiger partial charge in [-0.25, -0.2) is 4.39 Å². The van der Waals surface area contributed by atoms with E-state index >= 15 is 0 Å². The monoisotopic (exact) mass is 386 g/mol. The number of aliphatic hydroxyl groups excluding tert-OH is 1. The van der Waals surface area contributed by atoms with Gasteiger partial charge in [-0.05, 0) is 29.8 Å². The molecule has 2 aliphatic rings. The van der Waals surface area contributed by atoms with Crippen LogP contribution in [0.5, 0.6) is 0 Å². The van der Waals surface area contributed by atoms with Gasteiger partial charge in [-0.3, -0.25) is 4.79 Å². The molecule has 2 aromatic carbocycles. The lowest BCUT2D eigenvalue weighted by Crippen LogP contribution is -2.45. The van der Waals surface area contributed by atoms with E-state index < -0.39 is 39.7 Å². The molecule has 0 saturated heterocycles. The third-order valence-corrected chi connectivity index (χ3v) is 6.30. The highest BCUT2D eigenvalue weighted by molar-refractivity contribution is 7.89. The Bertz CT molecular complexity index is 1050. The third-order valence-electron chi connectivity index (χ3n) is 4.61. The van der Waals surface area contributed by atoms with E-state index in [-0.39, 0.29) is 10.6 Å². The average molecular weight is 386 g/mol. The number of rotatable bonds is 3. The number of Topliss-reactive ketones (excluding diaryl/α,β-unsaturated/α-hetero) is 1. The predicted molar refractivity (Wildman–Crippen MR) is 95.8 cm³/mol. The number of hydrogen-bond donors (Lipinski definition) is 1. The molecule has 3 atom stereocenters. The lowest BCUT2D eigenvalue weighted by molar-refractivity contribution is -0.128. The molecule has 0 aromatic heterocycles. The number of hydrogen-bond acceptors (Lipinski definition) is 5. The van der Waals surface area contributed by atoms with Crippen molar-refractivity contribution >= 4 is 21.5 Å². The summed E-state index contributed by atoms with van der Waals surface area (Å²) in [5.74, 6) is -1.98. The van der Waals surface area contributed by atoms with E-state index in [0.29, 0.717) is 5.56 Å². The van der Waals surface area contributed by atoms with Gasteiger partial charge in [0.2, 0.25) is 0 Å². The van der Waals surface area contributed by atoms with E-state index in [4.69, 9.17) is 0 Å². The maximum atomic E-state index is 13.2. The lowest BCUT2D eigenvalue weighted by Gasteiger charge is -2.28. The Balaban J connectivity index is 1.85. The van der Waals surface area contributed by atoms with Gasteiger partial charge in [0.1, 0.15) is 11.9 Å². The highest BCUT2D eigenvalue weighted by atomic mass is 32.2. The van der Waals surface area contributed by atoms with Crippen LogP contribution in [0.4, 0.5) is 4.39 Å². The van der Waals surface area contributed by atoms with Crippen molar-refractivity contribution in [2.24, 2.45) is 11.0 Å². The van der Waals surface area contributed by atoms with Gasteiger partial charge < -0.3 is 5.11 Å². The van der Waals surface area contributed by atoms with Gasteiger partial charge in [0.15, 0.2) is 5.78 Å². The Morgan fingerprint density at radius 3 is 2.33 bits per heavy atom. The van der Waals surface area contributed by atoms with Gasteiger partial charge in [0, 0.05) is 0 Å². The number of fused-ring (bicyclic) bond motifs is 1. The van der Waals surface area contributed by atoms with Crippen LogP contribution in [-0.2, 0) is 14.8 Å². The zero-order valence-electron chi connectivity index (χ0n) is 13.9. The minimum atomic E-state index is -4.11. The average Bonchev–Trinajstić information content (AvgIpc) is 3.07. The fourth-order valence-corrected chi connectivity index (χ4v) is 4.69. The largest absolute Gasteiger partial charge is 0.381 e. The fourth-order valence-electron chi connectivity index (χ4n) is 3.28. The maximum absolute atomic E-state index is 13.2. The zero-order chi connectivity index (χ0) is 19.2. The van der Waals surface area contributed by atoms with Crippen molar-refractivity contribution < 1.29 is 22.7 Å². The van der Waals surface area contributed by atoms with Crippen molar-refractivity contribution in [3.63, 3.8) is 0 Å². The smallest absolute Gasteiger partial charge is 0.279 e. The zero-order valence-corrected chi connectivity index (χ0v) is 14.8. The Morgan fingerprint density at radius 2 is 1.67 bits per heavy atom. The van der Waals surface area contributed by atoms with E-state index in [1.807, 2.05) is 0 Å². The lowest BCUT2D eigenvalue weighted by atomic mass is 9.82. The number of halogens is 1. The van der Waals surface area contributed by atoms with Crippen LogP contribution >= 0.6 is 0 Å². The molecule has 1 aliphatic heterocycles.